The molecule has 0 saturated carbocycles. The molecule has 0 aliphatic rings. The Morgan fingerprint density at radius 1 is 0.952 bits per heavy atom. The van der Waals surface area contributed by atoms with Gasteiger partial charge in [0.2, 0.25) is 0 Å². The van der Waals surface area contributed by atoms with Crippen molar-refractivity contribution in [3.05, 3.63) is 60.2 Å². The van der Waals surface area contributed by atoms with Crippen LogP contribution in [0, 0.1) is 0 Å². The quantitative estimate of drug-likeness (QED) is 0.455. The van der Waals surface area contributed by atoms with Gasteiger partial charge in [-0.2, -0.15) is 0 Å². The molecular weight excluding hydrogens is 387 g/mol. The van der Waals surface area contributed by atoms with Gasteiger partial charge in [-0.3, -0.25) is 4.98 Å². The van der Waals surface area contributed by atoms with Gasteiger partial charge in [0.1, 0.15) is 7.05 Å². The zero-order chi connectivity index (χ0) is 16.3. The molecule has 0 aliphatic carbocycles. The fourth-order valence-corrected chi connectivity index (χ4v) is 1.14. The molecule has 7 heteroatoms. The van der Waals surface area contributed by atoms with Crippen LogP contribution in [0.3, 0.4) is 0 Å². The Hall–Kier alpha value is -2.03. The maximum atomic E-state index is 10.3. The van der Waals surface area contributed by atoms with E-state index in [-0.39, 0.29) is 5.56 Å². The summed E-state index contributed by atoms with van der Waals surface area (Å²) in [5, 5.41) is 16.8. The third kappa shape index (κ3) is 7.98. The minimum Gasteiger partial charge on any atom is -0.478 e. The first-order valence-electron chi connectivity index (χ1n) is 5.70. The van der Waals surface area contributed by atoms with Gasteiger partial charge in [0.05, 0.1) is 11.1 Å². The second-order valence-corrected chi connectivity index (χ2v) is 3.60. The Morgan fingerprint density at radius 2 is 1.33 bits per heavy atom. The first-order chi connectivity index (χ1) is 10.0. The molecule has 0 amide bonds. The molecule has 0 spiro atoms. The van der Waals surface area contributed by atoms with E-state index in [1.54, 1.807) is 29.1 Å². The van der Waals surface area contributed by atoms with Crippen molar-refractivity contribution >= 4 is 34.5 Å². The maximum Gasteiger partial charge on any atom is 0.336 e. The van der Waals surface area contributed by atoms with Crippen molar-refractivity contribution in [3.63, 3.8) is 0 Å². The van der Waals surface area contributed by atoms with E-state index in [2.05, 4.69) is 27.6 Å². The van der Waals surface area contributed by atoms with Gasteiger partial charge in [-0.1, -0.05) is 22.6 Å². The van der Waals surface area contributed by atoms with E-state index in [1.807, 2.05) is 12.0 Å². The highest BCUT2D eigenvalue weighted by Crippen LogP contribution is 1.93. The summed E-state index contributed by atoms with van der Waals surface area (Å²) in [4.78, 5) is 26.1. The van der Waals surface area contributed by atoms with Crippen LogP contribution in [0.2, 0.25) is 0 Å². The first kappa shape index (κ1) is 19.0. The molecule has 112 valence electrons. The van der Waals surface area contributed by atoms with E-state index in [0.717, 1.165) is 0 Å². The number of alkyl halides is 1. The number of halogens is 1. The van der Waals surface area contributed by atoms with Crippen LogP contribution < -0.4 is 4.57 Å². The summed E-state index contributed by atoms with van der Waals surface area (Å²) in [5.41, 5.74) is 0.586. The van der Waals surface area contributed by atoms with Crippen molar-refractivity contribution in [1.29, 1.82) is 0 Å². The van der Waals surface area contributed by atoms with E-state index in [0.29, 0.717) is 5.56 Å². The van der Waals surface area contributed by atoms with E-state index in [9.17, 15) is 9.59 Å². The van der Waals surface area contributed by atoms with Gasteiger partial charge < -0.3 is 10.2 Å². The molecule has 0 atom stereocenters. The highest BCUT2D eigenvalue weighted by molar-refractivity contribution is 14.1. The van der Waals surface area contributed by atoms with Crippen molar-refractivity contribution in [2.75, 3.05) is 4.93 Å². The van der Waals surface area contributed by atoms with Crippen molar-refractivity contribution in [1.82, 2.24) is 4.98 Å². The lowest BCUT2D eigenvalue weighted by atomic mass is 10.3. The Morgan fingerprint density at radius 3 is 1.67 bits per heavy atom. The van der Waals surface area contributed by atoms with Crippen LogP contribution in [0.15, 0.2) is 49.1 Å². The van der Waals surface area contributed by atoms with Crippen LogP contribution in [0.1, 0.15) is 20.7 Å². The van der Waals surface area contributed by atoms with E-state index in [4.69, 9.17) is 10.2 Å². The van der Waals surface area contributed by atoms with Crippen molar-refractivity contribution < 1.29 is 24.4 Å². The highest BCUT2D eigenvalue weighted by Gasteiger charge is 2.02. The van der Waals surface area contributed by atoms with Crippen molar-refractivity contribution in [2.24, 2.45) is 7.05 Å². The zero-order valence-electron chi connectivity index (χ0n) is 11.6. The number of rotatable bonds is 2. The molecule has 0 fully saturated rings. The number of aryl methyl sites for hydroxylation is 1. The second-order valence-electron chi connectivity index (χ2n) is 3.60. The maximum absolute atomic E-state index is 10.3. The third-order valence-electron chi connectivity index (χ3n) is 2.15. The fraction of sp³-hybridized carbons (Fsp3) is 0.143. The second kappa shape index (κ2) is 10.7. The highest BCUT2D eigenvalue weighted by atomic mass is 127. The molecule has 2 N–H and O–H groups in total. The molecule has 2 heterocycles. The standard InChI is InChI=1S/C7H7NO2.C6H5NO2.CH3I/c1-8-4-2-6(3-5-8)7(9)10;8-6(9)5-1-3-7-4-2-5;1-2/h2-5H,1H3;1-4H,(H,8,9);1H3/p+1. The molecule has 0 aromatic carbocycles. The number of nitrogens with zero attached hydrogens (tertiary/aromatic N) is 2. The van der Waals surface area contributed by atoms with Crippen molar-refractivity contribution in [2.45, 2.75) is 0 Å². The summed E-state index contributed by atoms with van der Waals surface area (Å²) >= 11 is 2.15. The predicted molar refractivity (Wildman–Crippen MR) is 85.7 cm³/mol. The molecule has 2 aromatic heterocycles. The van der Waals surface area contributed by atoms with Gasteiger partial charge in [0.15, 0.2) is 12.4 Å². The number of pyridine rings is 2. The number of aromatic nitrogens is 2. The normalized spacial score (nSPS) is 8.52. The summed E-state index contributed by atoms with van der Waals surface area (Å²) in [6, 6.07) is 6.01. The molecule has 21 heavy (non-hydrogen) atoms. The molecule has 0 bridgehead atoms. The average Bonchev–Trinajstić information content (AvgIpc) is 2.51. The summed E-state index contributed by atoms with van der Waals surface area (Å²) < 4.78 is 1.78. The molecule has 6 nitrogen and oxygen atoms in total. The Labute approximate surface area is 136 Å². The van der Waals surface area contributed by atoms with Gasteiger partial charge in [-0.25, -0.2) is 14.2 Å². The van der Waals surface area contributed by atoms with E-state index < -0.39 is 11.9 Å². The lowest BCUT2D eigenvalue weighted by Gasteiger charge is -1.88. The van der Waals surface area contributed by atoms with E-state index in [1.165, 1.54) is 24.5 Å². The Kier molecular flexibility index (Phi) is 9.69. The van der Waals surface area contributed by atoms with Gasteiger partial charge in [-0.05, 0) is 17.1 Å². The largest absolute Gasteiger partial charge is 0.478 e. The molecule has 2 aromatic rings. The summed E-state index contributed by atoms with van der Waals surface area (Å²) in [7, 11) is 1.84. The number of carboxylic acid groups (broad SMARTS) is 2. The Bertz CT molecular complexity index is 559. The number of aromatic carboxylic acids is 2. The van der Waals surface area contributed by atoms with Gasteiger partial charge >= 0.3 is 11.9 Å². The van der Waals surface area contributed by atoms with Crippen LogP contribution in [0.4, 0.5) is 0 Å². The molecule has 0 unspecified atom stereocenters. The summed E-state index contributed by atoms with van der Waals surface area (Å²) in [6.07, 6.45) is 6.29. The fourth-order valence-electron chi connectivity index (χ4n) is 1.14. The molecule has 0 saturated heterocycles. The van der Waals surface area contributed by atoms with Crippen LogP contribution in [-0.4, -0.2) is 32.1 Å². The number of hydrogen-bond donors (Lipinski definition) is 2. The number of carboxylic acids is 2. The SMILES string of the molecule is CI.C[n+]1ccc(C(=O)O)cc1.O=C(O)c1ccncc1. The molecule has 0 aliphatic heterocycles. The minimum atomic E-state index is -0.919. The summed E-state index contributed by atoms with van der Waals surface area (Å²) in [6.45, 7) is 0. The van der Waals surface area contributed by atoms with Crippen LogP contribution in [-0.2, 0) is 7.05 Å². The van der Waals surface area contributed by atoms with Crippen LogP contribution in [0.5, 0.6) is 0 Å². The monoisotopic (exact) mass is 403 g/mol. The number of carbonyl (C=O) groups is 2. The zero-order valence-corrected chi connectivity index (χ0v) is 13.8. The number of hydrogen-bond acceptors (Lipinski definition) is 3. The average molecular weight is 403 g/mol. The van der Waals surface area contributed by atoms with Crippen LogP contribution in [0.25, 0.3) is 0 Å². The van der Waals surface area contributed by atoms with E-state index >= 15 is 0 Å². The van der Waals surface area contributed by atoms with Gasteiger partial charge in [0.25, 0.3) is 0 Å². The van der Waals surface area contributed by atoms with Gasteiger partial charge in [-0.15, -0.1) is 0 Å². The summed E-state index contributed by atoms with van der Waals surface area (Å²) in [5.74, 6) is -1.81. The first-order valence-corrected chi connectivity index (χ1v) is 7.86. The lowest BCUT2D eigenvalue weighted by Crippen LogP contribution is -2.26. The smallest absolute Gasteiger partial charge is 0.336 e. The molecular formula is C14H16IN2O4+. The topological polar surface area (TPSA) is 91.4 Å². The molecule has 0 radical (unpaired) electrons. The Balaban J connectivity index is 0.000000342. The lowest BCUT2D eigenvalue weighted by molar-refractivity contribution is -0.671. The minimum absolute atomic E-state index is 0.269. The third-order valence-corrected chi connectivity index (χ3v) is 2.15. The molecule has 2 rings (SSSR count). The predicted octanol–water partition coefficient (Wildman–Crippen LogP) is 2.04. The van der Waals surface area contributed by atoms with Crippen LogP contribution >= 0.6 is 22.6 Å². The van der Waals surface area contributed by atoms with Crippen molar-refractivity contribution in [3.8, 4) is 0 Å². The van der Waals surface area contributed by atoms with Gasteiger partial charge in [0, 0.05) is 24.5 Å².